The molecule has 7 nitrogen and oxygen atoms in total. The highest BCUT2D eigenvalue weighted by Crippen LogP contribution is 2.36. The van der Waals surface area contributed by atoms with Crippen LogP contribution >= 0.6 is 34.5 Å². The van der Waals surface area contributed by atoms with E-state index in [-0.39, 0.29) is 12.2 Å². The van der Waals surface area contributed by atoms with Gasteiger partial charge in [-0.3, -0.25) is 9.36 Å². The van der Waals surface area contributed by atoms with Crippen molar-refractivity contribution >= 4 is 46.6 Å². The van der Waals surface area contributed by atoms with Gasteiger partial charge in [0, 0.05) is 0 Å². The molecule has 0 spiro atoms. The highest BCUT2D eigenvalue weighted by molar-refractivity contribution is 7.07. The first-order valence-electron chi connectivity index (χ1n) is 12.6. The van der Waals surface area contributed by atoms with E-state index in [9.17, 15) is 9.59 Å². The number of esters is 1. The molecule has 4 rings (SSSR count). The van der Waals surface area contributed by atoms with E-state index in [1.807, 2.05) is 6.07 Å². The molecule has 2 aromatic carbocycles. The van der Waals surface area contributed by atoms with Gasteiger partial charge in [0.2, 0.25) is 0 Å². The lowest BCUT2D eigenvalue weighted by Crippen LogP contribution is -2.40. The van der Waals surface area contributed by atoms with Crippen molar-refractivity contribution < 1.29 is 19.0 Å². The maximum atomic E-state index is 13.8. The number of aromatic nitrogens is 1. The van der Waals surface area contributed by atoms with E-state index in [1.165, 1.54) is 15.9 Å². The number of thiazole rings is 1. The van der Waals surface area contributed by atoms with Gasteiger partial charge in [-0.15, -0.1) is 0 Å². The predicted molar refractivity (Wildman–Crippen MR) is 155 cm³/mol. The summed E-state index contributed by atoms with van der Waals surface area (Å²) in [5, 5.41) is 0.815. The molecule has 1 aliphatic rings. The highest BCUT2D eigenvalue weighted by Gasteiger charge is 2.34. The number of carbonyl (C=O) groups excluding carboxylic acids is 1. The van der Waals surface area contributed by atoms with E-state index in [4.69, 9.17) is 37.4 Å². The van der Waals surface area contributed by atoms with Crippen molar-refractivity contribution in [2.45, 2.75) is 40.2 Å². The summed E-state index contributed by atoms with van der Waals surface area (Å²) >= 11 is 13.5. The maximum Gasteiger partial charge on any atom is 0.338 e. The number of nitrogens with zero attached hydrogens (tertiary/aromatic N) is 2. The first-order chi connectivity index (χ1) is 18.6. The third kappa shape index (κ3) is 6.24. The Morgan fingerprint density at radius 2 is 1.92 bits per heavy atom. The Bertz CT molecular complexity index is 1610. The van der Waals surface area contributed by atoms with Crippen LogP contribution in [0.1, 0.15) is 51.3 Å². The normalized spacial score (nSPS) is 15.3. The van der Waals surface area contributed by atoms with Gasteiger partial charge in [0.25, 0.3) is 5.56 Å². The van der Waals surface area contributed by atoms with Crippen LogP contribution in [0.4, 0.5) is 0 Å². The minimum atomic E-state index is -0.769. The van der Waals surface area contributed by atoms with Crippen LogP contribution in [0.15, 0.2) is 57.5 Å². The largest absolute Gasteiger partial charge is 0.493 e. The molecule has 1 aromatic heterocycles. The van der Waals surface area contributed by atoms with Crippen LogP contribution in [0.2, 0.25) is 10.0 Å². The molecule has 0 saturated carbocycles. The number of carbonyl (C=O) groups is 1. The summed E-state index contributed by atoms with van der Waals surface area (Å²) in [6.45, 7) is 8.48. The fourth-order valence-corrected chi connectivity index (χ4v) is 5.59. The van der Waals surface area contributed by atoms with Crippen LogP contribution < -0.4 is 24.4 Å². The predicted octanol–water partition coefficient (Wildman–Crippen LogP) is 5.54. The number of hydrogen-bond acceptors (Lipinski definition) is 7. The van der Waals surface area contributed by atoms with Crippen LogP contribution in [0.5, 0.6) is 11.5 Å². The Kier molecular flexibility index (Phi) is 9.20. The molecule has 10 heteroatoms. The molecule has 39 heavy (non-hydrogen) atoms. The minimum absolute atomic E-state index is 0.191. The van der Waals surface area contributed by atoms with Crippen molar-refractivity contribution in [3.63, 3.8) is 0 Å². The molecular weight excluding hydrogens is 559 g/mol. The molecular formula is C29H30Cl2N2O5S. The Hall–Kier alpha value is -3.07. The quantitative estimate of drug-likeness (QED) is 0.307. The van der Waals surface area contributed by atoms with E-state index < -0.39 is 12.0 Å². The van der Waals surface area contributed by atoms with Crippen molar-refractivity contribution in [2.75, 3.05) is 20.3 Å². The number of benzene rings is 2. The van der Waals surface area contributed by atoms with Crippen molar-refractivity contribution in [1.29, 1.82) is 0 Å². The van der Waals surface area contributed by atoms with Gasteiger partial charge in [0.1, 0.15) is 0 Å². The summed E-state index contributed by atoms with van der Waals surface area (Å²) < 4.78 is 18.9. The number of rotatable bonds is 9. The molecule has 0 N–H and O–H groups in total. The Morgan fingerprint density at radius 3 is 2.59 bits per heavy atom. The van der Waals surface area contributed by atoms with Crippen molar-refractivity contribution in [2.24, 2.45) is 10.9 Å². The molecule has 0 aliphatic carbocycles. The van der Waals surface area contributed by atoms with Crippen LogP contribution in [0.25, 0.3) is 6.08 Å². The molecule has 0 saturated heterocycles. The summed E-state index contributed by atoms with van der Waals surface area (Å²) in [5.74, 6) is 1.07. The van der Waals surface area contributed by atoms with E-state index in [0.29, 0.717) is 60.2 Å². The lowest BCUT2D eigenvalue weighted by molar-refractivity contribution is -0.139. The number of allylic oxidation sites excluding steroid dienone is 1. The van der Waals surface area contributed by atoms with Crippen molar-refractivity contribution in [3.8, 4) is 11.5 Å². The average Bonchev–Trinajstić information content (AvgIpc) is 3.19. The van der Waals surface area contributed by atoms with Gasteiger partial charge >= 0.3 is 5.97 Å². The molecule has 0 amide bonds. The topological polar surface area (TPSA) is 79.1 Å². The fraction of sp³-hybridized carbons (Fsp3) is 0.345. The van der Waals surface area contributed by atoms with Gasteiger partial charge in [-0.25, -0.2) is 9.79 Å². The summed E-state index contributed by atoms with van der Waals surface area (Å²) in [6.07, 6.45) is 2.63. The highest BCUT2D eigenvalue weighted by atomic mass is 35.5. The molecule has 1 unspecified atom stereocenters. The lowest BCUT2D eigenvalue weighted by atomic mass is 9.95. The van der Waals surface area contributed by atoms with Gasteiger partial charge < -0.3 is 14.2 Å². The summed E-state index contributed by atoms with van der Waals surface area (Å²) in [7, 11) is 1.56. The molecule has 3 aromatic rings. The monoisotopic (exact) mass is 588 g/mol. The Morgan fingerprint density at radius 1 is 1.15 bits per heavy atom. The maximum absolute atomic E-state index is 13.8. The van der Waals surface area contributed by atoms with Crippen molar-refractivity contribution in [1.82, 2.24) is 4.57 Å². The van der Waals surface area contributed by atoms with Gasteiger partial charge in [0.05, 0.1) is 52.2 Å². The third-order valence-electron chi connectivity index (χ3n) is 6.21. The standard InChI is InChI=1S/C29H30Cl2N2O5S/c1-6-37-28(35)25-17(4)32-29-33(27(34)24(39-29)14-18-7-9-20(30)21(31)13-18)26(25)19-8-10-22(23(15-19)36-5)38-12-11-16(2)3/h7-10,13-16,26H,6,11-12H2,1-5H3/b24-14-. The fourth-order valence-electron chi connectivity index (χ4n) is 4.24. The summed E-state index contributed by atoms with van der Waals surface area (Å²) in [4.78, 5) is 32.1. The molecule has 1 atom stereocenters. The zero-order valence-corrected chi connectivity index (χ0v) is 24.7. The second kappa shape index (κ2) is 12.4. The molecule has 0 bridgehead atoms. The average molecular weight is 590 g/mol. The van der Waals surface area contributed by atoms with Gasteiger partial charge in [-0.1, -0.05) is 60.5 Å². The Balaban J connectivity index is 1.87. The van der Waals surface area contributed by atoms with Crippen LogP contribution in [0.3, 0.4) is 0 Å². The minimum Gasteiger partial charge on any atom is -0.493 e. The first-order valence-corrected chi connectivity index (χ1v) is 14.2. The number of halogens is 2. The number of fused-ring (bicyclic) bond motifs is 1. The number of hydrogen-bond donors (Lipinski definition) is 0. The molecule has 206 valence electrons. The zero-order chi connectivity index (χ0) is 28.3. The van der Waals surface area contributed by atoms with Gasteiger partial charge in [-0.05, 0) is 67.7 Å². The summed E-state index contributed by atoms with van der Waals surface area (Å²) in [5.41, 5.74) is 1.87. The van der Waals surface area contributed by atoms with Crippen LogP contribution in [-0.2, 0) is 9.53 Å². The van der Waals surface area contributed by atoms with E-state index in [0.717, 1.165) is 12.0 Å². The second-order valence-electron chi connectivity index (χ2n) is 9.42. The van der Waals surface area contributed by atoms with Gasteiger partial charge in [-0.2, -0.15) is 0 Å². The SMILES string of the molecule is CCOC(=O)C1=C(C)N=c2s/c(=C\c3ccc(Cl)c(Cl)c3)c(=O)n2C1c1ccc(OCCC(C)C)c(OC)c1. The zero-order valence-electron chi connectivity index (χ0n) is 22.4. The van der Waals surface area contributed by atoms with E-state index in [1.54, 1.807) is 57.4 Å². The van der Waals surface area contributed by atoms with Gasteiger partial charge in [0.15, 0.2) is 16.3 Å². The van der Waals surface area contributed by atoms with Crippen LogP contribution in [-0.4, -0.2) is 30.9 Å². The lowest BCUT2D eigenvalue weighted by Gasteiger charge is -2.25. The smallest absolute Gasteiger partial charge is 0.338 e. The first kappa shape index (κ1) is 28.9. The third-order valence-corrected chi connectivity index (χ3v) is 7.94. The molecule has 1 aliphatic heterocycles. The number of ether oxygens (including phenoxy) is 3. The molecule has 0 fully saturated rings. The van der Waals surface area contributed by atoms with Crippen LogP contribution in [0, 0.1) is 5.92 Å². The van der Waals surface area contributed by atoms with Crippen molar-refractivity contribution in [3.05, 3.63) is 88.5 Å². The Labute approximate surface area is 241 Å². The number of methoxy groups -OCH3 is 1. The van der Waals surface area contributed by atoms with E-state index in [2.05, 4.69) is 18.8 Å². The second-order valence-corrected chi connectivity index (χ2v) is 11.2. The van der Waals surface area contributed by atoms with E-state index >= 15 is 0 Å². The molecule has 0 radical (unpaired) electrons. The molecule has 2 heterocycles. The summed E-state index contributed by atoms with van der Waals surface area (Å²) in [6, 6.07) is 9.82.